The Morgan fingerprint density at radius 2 is 1.60 bits per heavy atom. The fourth-order valence-electron chi connectivity index (χ4n) is 8.59. The van der Waals surface area contributed by atoms with Gasteiger partial charge >= 0.3 is 5.97 Å². The van der Waals surface area contributed by atoms with Gasteiger partial charge in [0.2, 0.25) is 5.79 Å². The number of hydrogen-bond acceptors (Lipinski definition) is 12. The maximum absolute atomic E-state index is 14.1. The lowest BCUT2D eigenvalue weighted by Crippen LogP contribution is -2.61. The van der Waals surface area contributed by atoms with E-state index in [1.54, 1.807) is 40.7 Å². The molecule has 14 atom stereocenters. The Morgan fingerprint density at radius 3 is 2.24 bits per heavy atom. The molecular weight excluding hydrogens is 746 g/mol. The van der Waals surface area contributed by atoms with E-state index in [9.17, 15) is 49.8 Å². The average Bonchev–Trinajstić information content (AvgIpc) is 3.17. The largest absolute Gasteiger partial charge is 0.456 e. The van der Waals surface area contributed by atoms with E-state index in [1.165, 1.54) is 6.92 Å². The Hall–Kier alpha value is -2.78. The molecule has 14 unspecified atom stereocenters. The number of esters is 1. The zero-order chi connectivity index (χ0) is 43.6. The van der Waals surface area contributed by atoms with Crippen molar-refractivity contribution in [3.8, 4) is 0 Å². The van der Waals surface area contributed by atoms with E-state index in [1.807, 2.05) is 32.9 Å². The normalized spacial score (nSPS) is 40.2. The van der Waals surface area contributed by atoms with Gasteiger partial charge in [-0.2, -0.15) is 0 Å². The Labute approximate surface area is 345 Å². The molecule has 1 amide bonds. The van der Waals surface area contributed by atoms with Crippen LogP contribution in [0.25, 0.3) is 0 Å². The van der Waals surface area contributed by atoms with Gasteiger partial charge in [0.05, 0.1) is 36.6 Å². The zero-order valence-electron chi connectivity index (χ0n) is 36.3. The molecule has 6 N–H and O–H groups in total. The van der Waals surface area contributed by atoms with Crippen LogP contribution in [0.2, 0.25) is 0 Å². The van der Waals surface area contributed by atoms with Crippen molar-refractivity contribution in [2.75, 3.05) is 6.54 Å². The molecule has 0 aliphatic carbocycles. The molecular formula is C45H73NO12. The lowest BCUT2D eigenvalue weighted by Gasteiger charge is -2.43. The number of aliphatic hydroxyl groups excluding tert-OH is 5. The van der Waals surface area contributed by atoms with Crippen molar-refractivity contribution >= 4 is 23.4 Å². The second-order valence-electron chi connectivity index (χ2n) is 17.8. The van der Waals surface area contributed by atoms with E-state index in [0.717, 1.165) is 10.5 Å². The van der Waals surface area contributed by atoms with Crippen LogP contribution in [0.5, 0.6) is 0 Å². The Balaban J connectivity index is 2.04. The van der Waals surface area contributed by atoms with Crippen molar-refractivity contribution in [2.45, 2.75) is 187 Å². The highest BCUT2D eigenvalue weighted by Gasteiger charge is 2.53. The van der Waals surface area contributed by atoms with Gasteiger partial charge in [-0.25, -0.2) is 4.79 Å². The highest BCUT2D eigenvalue weighted by Crippen LogP contribution is 2.37. The van der Waals surface area contributed by atoms with Crippen molar-refractivity contribution in [1.82, 2.24) is 4.90 Å². The molecule has 0 aromatic rings. The van der Waals surface area contributed by atoms with Crippen LogP contribution >= 0.6 is 0 Å². The highest BCUT2D eigenvalue weighted by molar-refractivity contribution is 6.39. The number of ether oxygens (including phenoxy) is 2. The summed E-state index contributed by atoms with van der Waals surface area (Å²) in [4.78, 5) is 55.4. The summed E-state index contributed by atoms with van der Waals surface area (Å²) in [5.74, 6) is -7.86. The van der Waals surface area contributed by atoms with Crippen molar-refractivity contribution in [3.63, 3.8) is 0 Å². The summed E-state index contributed by atoms with van der Waals surface area (Å²) < 4.78 is 12.1. The van der Waals surface area contributed by atoms with Gasteiger partial charge in [0, 0.05) is 37.1 Å². The van der Waals surface area contributed by atoms with Crippen LogP contribution < -0.4 is 0 Å². The monoisotopic (exact) mass is 820 g/mol. The second-order valence-corrected chi connectivity index (χ2v) is 17.8. The quantitative estimate of drug-likeness (QED) is 0.132. The van der Waals surface area contributed by atoms with E-state index in [-0.39, 0.29) is 56.3 Å². The molecule has 13 nitrogen and oxygen atoms in total. The molecule has 330 valence electrons. The van der Waals surface area contributed by atoms with Crippen LogP contribution in [0.3, 0.4) is 0 Å². The fourth-order valence-corrected chi connectivity index (χ4v) is 8.59. The molecule has 0 saturated carbocycles. The number of carbonyl (C=O) groups is 4. The molecule has 0 spiro atoms. The predicted molar refractivity (Wildman–Crippen MR) is 219 cm³/mol. The van der Waals surface area contributed by atoms with Crippen molar-refractivity contribution in [3.05, 3.63) is 34.9 Å². The van der Waals surface area contributed by atoms with E-state index >= 15 is 0 Å². The number of amides is 1. The predicted octanol–water partition coefficient (Wildman–Crippen LogP) is 4.48. The van der Waals surface area contributed by atoms with E-state index in [4.69, 9.17) is 9.47 Å². The number of cyclic esters (lactones) is 1. The lowest BCUT2D eigenvalue weighted by atomic mass is 9.83. The molecule has 58 heavy (non-hydrogen) atoms. The lowest BCUT2D eigenvalue weighted by molar-refractivity contribution is -0.266. The van der Waals surface area contributed by atoms with Crippen LogP contribution in [0, 0.1) is 29.6 Å². The molecule has 0 aromatic carbocycles. The Bertz CT molecular complexity index is 1510. The van der Waals surface area contributed by atoms with Gasteiger partial charge in [-0.05, 0) is 107 Å². The summed E-state index contributed by atoms with van der Waals surface area (Å²) in [5, 5.41) is 67.2. The minimum atomic E-state index is -2.53. The second kappa shape index (κ2) is 22.2. The third-order valence-corrected chi connectivity index (χ3v) is 12.9. The first kappa shape index (κ1) is 49.6. The van der Waals surface area contributed by atoms with Crippen LogP contribution in [0.15, 0.2) is 34.9 Å². The SMILES string of the molecule is CC/C1=C\CC(/C(C)=C/C(C)C(C)=O)OC(=O)C2CCCCN2C(=O)C(=O)C2(O)OC(CCC2C)CC(O)C(C)C(O)CC(O)CC(O)/C(C)=C/C(C)CC(C)C1O. The van der Waals surface area contributed by atoms with Crippen molar-refractivity contribution in [1.29, 1.82) is 0 Å². The van der Waals surface area contributed by atoms with E-state index in [2.05, 4.69) is 0 Å². The summed E-state index contributed by atoms with van der Waals surface area (Å²) in [7, 11) is 0. The highest BCUT2D eigenvalue weighted by atomic mass is 16.6. The molecule has 3 heterocycles. The summed E-state index contributed by atoms with van der Waals surface area (Å²) in [5.41, 5.74) is 2.00. The third kappa shape index (κ3) is 13.1. The number of fused-ring (bicyclic) bond motifs is 3. The number of hydrogen-bond donors (Lipinski definition) is 6. The smallest absolute Gasteiger partial charge is 0.329 e. The first-order valence-electron chi connectivity index (χ1n) is 21.5. The number of allylic oxidation sites excluding steroid dienone is 2. The minimum Gasteiger partial charge on any atom is -0.456 e. The molecule has 2 fully saturated rings. The average molecular weight is 820 g/mol. The van der Waals surface area contributed by atoms with Crippen LogP contribution in [0.4, 0.5) is 0 Å². The molecule has 3 aliphatic rings. The standard InChI is InChI=1S/C45H73NO12/c1-10-33-15-17-40(28(5)21-26(3)32(9)47)57-44(55)36-13-11-12-18-46(36)43(54)42(53)45(56)30(7)14-16-35(58-45)24-39(51)31(8)38(50)23-34(48)22-37(49)27(4)19-25(2)20-29(6)41(33)52/h15,19,21,25-26,29-31,34-41,48-52,56H,10-14,16-18,20,22-24H2,1-9H3/b27-19+,28-21+,33-15+. The number of Topliss-reactive ketones (excluding diaryl/α,β-unsaturated/α-hetero) is 2. The van der Waals surface area contributed by atoms with Gasteiger partial charge in [-0.1, -0.05) is 59.8 Å². The maximum Gasteiger partial charge on any atom is 0.329 e. The van der Waals surface area contributed by atoms with E-state index < -0.39 is 90.0 Å². The summed E-state index contributed by atoms with van der Waals surface area (Å²) in [6.45, 7) is 15.9. The van der Waals surface area contributed by atoms with Gasteiger partial charge in [0.1, 0.15) is 17.9 Å². The van der Waals surface area contributed by atoms with Gasteiger partial charge < -0.3 is 45.0 Å². The van der Waals surface area contributed by atoms with Crippen molar-refractivity contribution < 1.29 is 59.3 Å². The van der Waals surface area contributed by atoms with Crippen molar-refractivity contribution in [2.24, 2.45) is 29.6 Å². The molecule has 0 radical (unpaired) electrons. The summed E-state index contributed by atoms with van der Waals surface area (Å²) >= 11 is 0. The van der Waals surface area contributed by atoms with Gasteiger partial charge in [0.25, 0.3) is 11.7 Å². The third-order valence-electron chi connectivity index (χ3n) is 12.9. The molecule has 3 rings (SSSR count). The number of carbonyl (C=O) groups excluding carboxylic acids is 4. The molecule has 2 saturated heterocycles. The van der Waals surface area contributed by atoms with Gasteiger partial charge in [-0.15, -0.1) is 0 Å². The van der Waals surface area contributed by atoms with Crippen LogP contribution in [-0.4, -0.2) is 120 Å². The number of rotatable bonds is 4. The van der Waals surface area contributed by atoms with Crippen LogP contribution in [-0.2, 0) is 28.7 Å². The van der Waals surface area contributed by atoms with Gasteiger partial charge in [-0.3, -0.25) is 14.4 Å². The number of aliphatic hydroxyl groups is 6. The van der Waals surface area contributed by atoms with E-state index in [0.29, 0.717) is 49.7 Å². The maximum atomic E-state index is 14.1. The minimum absolute atomic E-state index is 0.0364. The Kier molecular flexibility index (Phi) is 19.0. The number of nitrogens with zero attached hydrogens (tertiary/aromatic N) is 1. The number of ketones is 2. The van der Waals surface area contributed by atoms with Gasteiger partial charge in [0.15, 0.2) is 0 Å². The topological polar surface area (TPSA) is 211 Å². The molecule has 0 aromatic heterocycles. The Morgan fingerprint density at radius 1 is 0.948 bits per heavy atom. The first-order valence-corrected chi connectivity index (χ1v) is 21.5. The molecule has 3 aliphatic heterocycles. The first-order chi connectivity index (χ1) is 27.1. The molecule has 2 bridgehead atoms. The fraction of sp³-hybridized carbons (Fsp3) is 0.778. The summed E-state index contributed by atoms with van der Waals surface area (Å²) in [6.07, 6.45) is 1.66. The zero-order valence-corrected chi connectivity index (χ0v) is 36.3. The number of piperidine rings is 1. The molecule has 13 heteroatoms. The summed E-state index contributed by atoms with van der Waals surface area (Å²) in [6, 6.07) is -1.12. The van der Waals surface area contributed by atoms with Crippen LogP contribution in [0.1, 0.15) is 133 Å².